The highest BCUT2D eigenvalue weighted by molar-refractivity contribution is 5.41. The third-order valence-corrected chi connectivity index (χ3v) is 1.94. The van der Waals surface area contributed by atoms with Gasteiger partial charge in [0.05, 0.1) is 5.69 Å². The van der Waals surface area contributed by atoms with Crippen molar-refractivity contribution in [1.82, 2.24) is 9.97 Å². The molecule has 0 aromatic carbocycles. The van der Waals surface area contributed by atoms with Crippen LogP contribution in [0.15, 0.2) is 12.4 Å². The highest BCUT2D eigenvalue weighted by Crippen LogP contribution is 2.12. The Hall–Kier alpha value is -1.16. The Labute approximate surface area is 78.8 Å². The van der Waals surface area contributed by atoms with Crippen molar-refractivity contribution in [2.45, 2.75) is 13.8 Å². The Bertz CT molecular complexity index is 262. The molecular weight excluding hydrogens is 164 g/mol. The highest BCUT2D eigenvalue weighted by Gasteiger charge is 2.07. The van der Waals surface area contributed by atoms with Gasteiger partial charge in [-0.1, -0.05) is 0 Å². The lowest BCUT2D eigenvalue weighted by molar-refractivity contribution is 0.792. The van der Waals surface area contributed by atoms with Crippen LogP contribution in [0.2, 0.25) is 0 Å². The molecule has 4 nitrogen and oxygen atoms in total. The minimum absolute atomic E-state index is 0.643. The Morgan fingerprint density at radius 3 is 2.62 bits per heavy atom. The van der Waals surface area contributed by atoms with Gasteiger partial charge >= 0.3 is 0 Å². The fraction of sp³-hybridized carbons (Fsp3) is 0.556. The van der Waals surface area contributed by atoms with Gasteiger partial charge in [0.25, 0.3) is 0 Å². The number of nitrogens with zero attached hydrogens (tertiary/aromatic N) is 3. The molecule has 0 fully saturated rings. The minimum Gasteiger partial charge on any atom is -0.354 e. The van der Waals surface area contributed by atoms with E-state index in [0.29, 0.717) is 6.54 Å². The molecule has 0 aliphatic carbocycles. The summed E-state index contributed by atoms with van der Waals surface area (Å²) >= 11 is 0. The maximum atomic E-state index is 5.50. The molecule has 1 rings (SSSR count). The molecule has 1 aromatic rings. The van der Waals surface area contributed by atoms with E-state index in [0.717, 1.165) is 24.6 Å². The first-order valence-electron chi connectivity index (χ1n) is 4.52. The first-order chi connectivity index (χ1) is 6.29. The lowest BCUT2D eigenvalue weighted by Crippen LogP contribution is -2.30. The zero-order chi connectivity index (χ0) is 9.68. The number of hydrogen-bond acceptors (Lipinski definition) is 4. The molecule has 0 amide bonds. The Morgan fingerprint density at radius 1 is 1.38 bits per heavy atom. The summed E-state index contributed by atoms with van der Waals surface area (Å²) in [6.45, 7) is 6.43. The molecule has 0 radical (unpaired) electrons. The van der Waals surface area contributed by atoms with E-state index < -0.39 is 0 Å². The van der Waals surface area contributed by atoms with Gasteiger partial charge in [0.2, 0.25) is 0 Å². The molecule has 0 unspecified atom stereocenters. The molecule has 0 bridgehead atoms. The highest BCUT2D eigenvalue weighted by atomic mass is 15.2. The second-order valence-electron chi connectivity index (χ2n) is 2.83. The lowest BCUT2D eigenvalue weighted by atomic mass is 10.4. The molecule has 0 saturated carbocycles. The molecule has 13 heavy (non-hydrogen) atoms. The second kappa shape index (κ2) is 4.77. The van der Waals surface area contributed by atoms with Gasteiger partial charge in [-0.25, -0.2) is 4.98 Å². The summed E-state index contributed by atoms with van der Waals surface area (Å²) in [5.74, 6) is 0.940. The molecule has 72 valence electrons. The van der Waals surface area contributed by atoms with Crippen molar-refractivity contribution in [2.75, 3.05) is 24.5 Å². The molecule has 4 heteroatoms. The molecule has 0 atom stereocenters. The Morgan fingerprint density at radius 2 is 2.08 bits per heavy atom. The third kappa shape index (κ3) is 2.39. The summed E-state index contributed by atoms with van der Waals surface area (Å²) in [4.78, 5) is 10.6. The fourth-order valence-electron chi connectivity index (χ4n) is 1.28. The van der Waals surface area contributed by atoms with Crippen molar-refractivity contribution in [1.29, 1.82) is 0 Å². The van der Waals surface area contributed by atoms with Crippen LogP contribution >= 0.6 is 0 Å². The van der Waals surface area contributed by atoms with E-state index in [1.165, 1.54) is 0 Å². The fourth-order valence-corrected chi connectivity index (χ4v) is 1.28. The van der Waals surface area contributed by atoms with E-state index in [2.05, 4.69) is 21.8 Å². The van der Waals surface area contributed by atoms with Crippen LogP contribution in [0.4, 0.5) is 5.82 Å². The van der Waals surface area contributed by atoms with Crippen molar-refractivity contribution < 1.29 is 0 Å². The lowest BCUT2D eigenvalue weighted by Gasteiger charge is -2.21. The quantitative estimate of drug-likeness (QED) is 0.736. The summed E-state index contributed by atoms with van der Waals surface area (Å²) in [7, 11) is 0. The maximum absolute atomic E-state index is 5.50. The van der Waals surface area contributed by atoms with Crippen LogP contribution in [0.25, 0.3) is 0 Å². The number of aromatic nitrogens is 2. The van der Waals surface area contributed by atoms with Gasteiger partial charge in [0, 0.05) is 32.0 Å². The van der Waals surface area contributed by atoms with Crippen LogP contribution in [0.5, 0.6) is 0 Å². The van der Waals surface area contributed by atoms with E-state index in [4.69, 9.17) is 5.73 Å². The van der Waals surface area contributed by atoms with Crippen LogP contribution in [0.3, 0.4) is 0 Å². The van der Waals surface area contributed by atoms with Gasteiger partial charge < -0.3 is 10.6 Å². The van der Waals surface area contributed by atoms with E-state index in [1.54, 1.807) is 12.4 Å². The maximum Gasteiger partial charge on any atom is 0.150 e. The first-order valence-corrected chi connectivity index (χ1v) is 4.52. The average Bonchev–Trinajstić information content (AvgIpc) is 2.16. The number of likely N-dealkylation sites (N-methyl/N-ethyl adjacent to an activating group) is 1. The molecular formula is C9H16N4. The molecule has 1 aromatic heterocycles. The van der Waals surface area contributed by atoms with Gasteiger partial charge in [-0.05, 0) is 13.8 Å². The van der Waals surface area contributed by atoms with Gasteiger partial charge in [0.1, 0.15) is 5.82 Å². The van der Waals surface area contributed by atoms with Crippen LogP contribution < -0.4 is 10.6 Å². The first kappa shape index (κ1) is 9.92. The number of hydrogen-bond donors (Lipinski definition) is 1. The summed E-state index contributed by atoms with van der Waals surface area (Å²) in [5.41, 5.74) is 6.46. The van der Waals surface area contributed by atoms with E-state index in [9.17, 15) is 0 Å². The summed E-state index contributed by atoms with van der Waals surface area (Å²) < 4.78 is 0. The Kier molecular flexibility index (Phi) is 3.64. The SMILES string of the molecule is CCN(CCN)c1nccnc1C. The standard InChI is InChI=1S/C9H16N4/c1-3-13(7-4-10)9-8(2)11-5-6-12-9/h5-6H,3-4,7,10H2,1-2H3. The van der Waals surface area contributed by atoms with Gasteiger partial charge in [-0.3, -0.25) is 4.98 Å². The minimum atomic E-state index is 0.643. The normalized spacial score (nSPS) is 10.1. The molecule has 0 spiro atoms. The van der Waals surface area contributed by atoms with Crippen molar-refractivity contribution in [3.63, 3.8) is 0 Å². The van der Waals surface area contributed by atoms with Crippen LogP contribution in [0.1, 0.15) is 12.6 Å². The smallest absolute Gasteiger partial charge is 0.150 e. The predicted molar refractivity (Wildman–Crippen MR) is 53.7 cm³/mol. The molecule has 2 N–H and O–H groups in total. The van der Waals surface area contributed by atoms with Gasteiger partial charge in [-0.2, -0.15) is 0 Å². The molecule has 1 heterocycles. The monoisotopic (exact) mass is 180 g/mol. The summed E-state index contributed by atoms with van der Waals surface area (Å²) in [6, 6.07) is 0. The van der Waals surface area contributed by atoms with Gasteiger partial charge in [0.15, 0.2) is 0 Å². The van der Waals surface area contributed by atoms with Crippen molar-refractivity contribution in [3.8, 4) is 0 Å². The molecule has 0 aliphatic heterocycles. The topological polar surface area (TPSA) is 55.0 Å². The summed E-state index contributed by atoms with van der Waals surface area (Å²) in [5, 5.41) is 0. The molecule has 0 aliphatic rings. The zero-order valence-electron chi connectivity index (χ0n) is 8.20. The number of aryl methyl sites for hydroxylation is 1. The second-order valence-corrected chi connectivity index (χ2v) is 2.83. The Balaban J connectivity index is 2.84. The van der Waals surface area contributed by atoms with Crippen LogP contribution in [0, 0.1) is 6.92 Å². The zero-order valence-corrected chi connectivity index (χ0v) is 8.20. The third-order valence-electron chi connectivity index (χ3n) is 1.94. The largest absolute Gasteiger partial charge is 0.354 e. The van der Waals surface area contributed by atoms with E-state index >= 15 is 0 Å². The molecule has 0 saturated heterocycles. The van der Waals surface area contributed by atoms with Crippen molar-refractivity contribution in [3.05, 3.63) is 18.1 Å². The van der Waals surface area contributed by atoms with Crippen LogP contribution in [-0.2, 0) is 0 Å². The van der Waals surface area contributed by atoms with Gasteiger partial charge in [-0.15, -0.1) is 0 Å². The number of anilines is 1. The van der Waals surface area contributed by atoms with Crippen molar-refractivity contribution >= 4 is 5.82 Å². The number of rotatable bonds is 4. The average molecular weight is 180 g/mol. The predicted octanol–water partition coefficient (Wildman–Crippen LogP) is 0.570. The number of nitrogens with two attached hydrogens (primary N) is 1. The van der Waals surface area contributed by atoms with E-state index in [-0.39, 0.29) is 0 Å². The van der Waals surface area contributed by atoms with E-state index in [1.807, 2.05) is 6.92 Å². The van der Waals surface area contributed by atoms with Crippen LogP contribution in [-0.4, -0.2) is 29.6 Å². The van der Waals surface area contributed by atoms with Crippen molar-refractivity contribution in [2.24, 2.45) is 5.73 Å². The summed E-state index contributed by atoms with van der Waals surface area (Å²) in [6.07, 6.45) is 3.41.